The molecule has 0 spiro atoms. The molecule has 0 bridgehead atoms. The summed E-state index contributed by atoms with van der Waals surface area (Å²) in [5.41, 5.74) is 2.45. The van der Waals surface area contributed by atoms with E-state index >= 15 is 0 Å². The van der Waals surface area contributed by atoms with Crippen molar-refractivity contribution >= 4 is 11.8 Å². The van der Waals surface area contributed by atoms with Crippen molar-refractivity contribution in [1.29, 1.82) is 0 Å². The highest BCUT2D eigenvalue weighted by atomic mass is 16.5. The monoisotopic (exact) mass is 374 g/mol. The van der Waals surface area contributed by atoms with Crippen LogP contribution in [-0.4, -0.2) is 25.0 Å². The smallest absolute Gasteiger partial charge is 0.188 e. The summed E-state index contributed by atoms with van der Waals surface area (Å²) < 4.78 is 12.2. The maximum atomic E-state index is 6.10. The molecule has 0 radical (unpaired) electrons. The lowest BCUT2D eigenvalue weighted by Crippen LogP contribution is -2.33. The Bertz CT molecular complexity index is 789. The number of benzene rings is 2. The average Bonchev–Trinajstić information content (AvgIpc) is 3.45. The molecular formula is C24H26N2O2. The molecule has 4 heteroatoms. The zero-order chi connectivity index (χ0) is 18.8. The number of hydrogen-bond acceptors (Lipinski definition) is 4. The number of rotatable bonds is 4. The molecule has 0 amide bonds. The normalized spacial score (nSPS) is 29.6. The Hall–Kier alpha value is -2.62. The standard InChI is InChI=1S/C24H26N2O2/c1-3-9-17(10-4-1)21-15-27-23(25-21)19-13-7-8-14-20(19)24-26-22(16-28-24)18-11-5-2-6-12-18/h1-6,9-12,19-22H,7-8,13-16H2/t19-,20-,21+,22+/m1/s1. The van der Waals surface area contributed by atoms with E-state index in [0.717, 1.165) is 24.6 Å². The fraction of sp³-hybridized carbons (Fsp3) is 0.417. The molecule has 28 heavy (non-hydrogen) atoms. The van der Waals surface area contributed by atoms with Gasteiger partial charge in [0.15, 0.2) is 11.8 Å². The molecule has 2 aromatic carbocycles. The quantitative estimate of drug-likeness (QED) is 0.744. The van der Waals surface area contributed by atoms with Crippen molar-refractivity contribution < 1.29 is 9.47 Å². The van der Waals surface area contributed by atoms with Gasteiger partial charge < -0.3 is 9.47 Å². The summed E-state index contributed by atoms with van der Waals surface area (Å²) in [6.07, 6.45) is 4.64. The summed E-state index contributed by atoms with van der Waals surface area (Å²) in [4.78, 5) is 9.93. The van der Waals surface area contributed by atoms with Crippen molar-refractivity contribution in [3.05, 3.63) is 71.8 Å². The Kier molecular flexibility index (Phi) is 4.86. The lowest BCUT2D eigenvalue weighted by Gasteiger charge is -2.30. The van der Waals surface area contributed by atoms with Crippen molar-refractivity contribution in [1.82, 2.24) is 0 Å². The van der Waals surface area contributed by atoms with Crippen LogP contribution in [0.4, 0.5) is 0 Å². The molecule has 144 valence electrons. The van der Waals surface area contributed by atoms with Gasteiger partial charge in [0.05, 0.1) is 0 Å². The fourth-order valence-electron chi connectivity index (χ4n) is 4.60. The van der Waals surface area contributed by atoms with Crippen LogP contribution in [0.15, 0.2) is 70.6 Å². The van der Waals surface area contributed by atoms with Crippen LogP contribution in [-0.2, 0) is 9.47 Å². The third-order valence-electron chi connectivity index (χ3n) is 6.11. The molecule has 1 saturated carbocycles. The van der Waals surface area contributed by atoms with Crippen LogP contribution in [0.3, 0.4) is 0 Å². The molecule has 5 rings (SSSR count). The van der Waals surface area contributed by atoms with E-state index in [1.807, 2.05) is 12.1 Å². The Morgan fingerprint density at radius 1 is 0.607 bits per heavy atom. The zero-order valence-electron chi connectivity index (χ0n) is 16.0. The molecule has 4 atom stereocenters. The first-order valence-corrected chi connectivity index (χ1v) is 10.4. The second kappa shape index (κ2) is 7.78. The number of hydrogen-bond donors (Lipinski definition) is 0. The molecule has 2 aliphatic heterocycles. The van der Waals surface area contributed by atoms with E-state index in [-0.39, 0.29) is 23.9 Å². The Morgan fingerprint density at radius 3 is 1.46 bits per heavy atom. The van der Waals surface area contributed by atoms with E-state index in [0.29, 0.717) is 13.2 Å². The third-order valence-corrected chi connectivity index (χ3v) is 6.11. The van der Waals surface area contributed by atoms with Crippen LogP contribution in [0.2, 0.25) is 0 Å². The van der Waals surface area contributed by atoms with Crippen molar-refractivity contribution in [2.75, 3.05) is 13.2 Å². The van der Waals surface area contributed by atoms with Crippen LogP contribution in [0.25, 0.3) is 0 Å². The van der Waals surface area contributed by atoms with Crippen LogP contribution in [0.5, 0.6) is 0 Å². The Balaban J connectivity index is 1.36. The molecule has 0 aromatic heterocycles. The number of ether oxygens (including phenoxy) is 2. The van der Waals surface area contributed by atoms with Crippen molar-refractivity contribution in [2.24, 2.45) is 21.8 Å². The number of nitrogens with zero attached hydrogens (tertiary/aromatic N) is 2. The third kappa shape index (κ3) is 3.44. The minimum absolute atomic E-state index is 0.113. The van der Waals surface area contributed by atoms with Gasteiger partial charge in [-0.3, -0.25) is 0 Å². The molecule has 0 N–H and O–H groups in total. The van der Waals surface area contributed by atoms with Gasteiger partial charge in [-0.1, -0.05) is 73.5 Å². The average molecular weight is 374 g/mol. The summed E-state index contributed by atoms with van der Waals surface area (Å²) in [7, 11) is 0. The predicted molar refractivity (Wildman–Crippen MR) is 111 cm³/mol. The molecule has 1 fully saturated rings. The molecular weight excluding hydrogens is 348 g/mol. The lowest BCUT2D eigenvalue weighted by molar-refractivity contribution is 0.237. The van der Waals surface area contributed by atoms with Gasteiger partial charge in [0.25, 0.3) is 0 Å². The van der Waals surface area contributed by atoms with Crippen molar-refractivity contribution in [2.45, 2.75) is 37.8 Å². The second-order valence-electron chi connectivity index (χ2n) is 7.91. The Labute approximate surface area is 166 Å². The van der Waals surface area contributed by atoms with Crippen LogP contribution < -0.4 is 0 Å². The molecule has 2 aromatic rings. The highest BCUT2D eigenvalue weighted by Gasteiger charge is 2.39. The van der Waals surface area contributed by atoms with E-state index < -0.39 is 0 Å². The largest absolute Gasteiger partial charge is 0.478 e. The maximum Gasteiger partial charge on any atom is 0.188 e. The van der Waals surface area contributed by atoms with Gasteiger partial charge in [0, 0.05) is 11.8 Å². The first-order chi connectivity index (χ1) is 13.9. The van der Waals surface area contributed by atoms with Gasteiger partial charge in [-0.15, -0.1) is 0 Å². The SMILES string of the molecule is c1ccc([C@@H]2COC([C@@H]3CCCC[C@H]3C3=N[C@H](c4ccccc4)CO3)=N2)cc1. The van der Waals surface area contributed by atoms with E-state index in [9.17, 15) is 0 Å². The summed E-state index contributed by atoms with van der Waals surface area (Å²) in [6.45, 7) is 1.28. The molecule has 2 heterocycles. The van der Waals surface area contributed by atoms with E-state index in [1.54, 1.807) is 0 Å². The second-order valence-corrected chi connectivity index (χ2v) is 7.91. The van der Waals surface area contributed by atoms with Gasteiger partial charge in [0.1, 0.15) is 25.3 Å². The lowest BCUT2D eigenvalue weighted by atomic mass is 9.79. The van der Waals surface area contributed by atoms with Gasteiger partial charge in [-0.2, -0.15) is 0 Å². The van der Waals surface area contributed by atoms with Gasteiger partial charge in [0.2, 0.25) is 0 Å². The van der Waals surface area contributed by atoms with Crippen molar-refractivity contribution in [3.8, 4) is 0 Å². The van der Waals surface area contributed by atoms with E-state index in [2.05, 4.69) is 48.5 Å². The summed E-state index contributed by atoms with van der Waals surface area (Å²) in [6, 6.07) is 21.1. The molecule has 0 saturated heterocycles. The first-order valence-electron chi connectivity index (χ1n) is 10.4. The van der Waals surface area contributed by atoms with Crippen molar-refractivity contribution in [3.63, 3.8) is 0 Å². The highest BCUT2D eigenvalue weighted by Crippen LogP contribution is 2.38. The van der Waals surface area contributed by atoms with Gasteiger partial charge >= 0.3 is 0 Å². The molecule has 1 aliphatic carbocycles. The number of aliphatic imine (C=N–C) groups is 2. The molecule has 4 nitrogen and oxygen atoms in total. The molecule has 3 aliphatic rings. The molecule has 0 unspecified atom stereocenters. The Morgan fingerprint density at radius 2 is 1.04 bits per heavy atom. The first kappa shape index (κ1) is 17.5. The van der Waals surface area contributed by atoms with Gasteiger partial charge in [-0.05, 0) is 24.0 Å². The van der Waals surface area contributed by atoms with E-state index in [4.69, 9.17) is 19.5 Å². The highest BCUT2D eigenvalue weighted by molar-refractivity contribution is 5.89. The summed E-state index contributed by atoms with van der Waals surface area (Å²) in [5, 5.41) is 0. The maximum absolute atomic E-state index is 6.10. The summed E-state index contributed by atoms with van der Waals surface area (Å²) >= 11 is 0. The summed E-state index contributed by atoms with van der Waals surface area (Å²) in [5.74, 6) is 2.40. The van der Waals surface area contributed by atoms with Crippen LogP contribution in [0.1, 0.15) is 48.9 Å². The fourth-order valence-corrected chi connectivity index (χ4v) is 4.60. The minimum atomic E-state index is 0.113. The van der Waals surface area contributed by atoms with Crippen LogP contribution >= 0.6 is 0 Å². The van der Waals surface area contributed by atoms with Crippen LogP contribution in [0, 0.1) is 11.8 Å². The predicted octanol–water partition coefficient (Wildman–Crippen LogP) is 5.13. The topological polar surface area (TPSA) is 43.2 Å². The van der Waals surface area contributed by atoms with E-state index in [1.165, 1.54) is 24.0 Å². The minimum Gasteiger partial charge on any atom is -0.478 e. The zero-order valence-corrected chi connectivity index (χ0v) is 16.0. The van der Waals surface area contributed by atoms with Gasteiger partial charge in [-0.25, -0.2) is 9.98 Å².